The lowest BCUT2D eigenvalue weighted by Crippen LogP contribution is -2.51. The molecule has 0 radical (unpaired) electrons. The number of urea groups is 1. The maximum atomic E-state index is 12.5. The number of aromatic nitrogens is 2. The van der Waals surface area contributed by atoms with Gasteiger partial charge in [-0.05, 0) is 31.7 Å². The van der Waals surface area contributed by atoms with E-state index in [0.717, 1.165) is 38.0 Å². The van der Waals surface area contributed by atoms with Gasteiger partial charge in [0.25, 0.3) is 0 Å². The Morgan fingerprint density at radius 1 is 1.16 bits per heavy atom. The molecule has 2 heterocycles. The molecule has 1 saturated heterocycles. The number of carbonyl (C=O) groups excluding carboxylic acids is 1. The number of likely N-dealkylation sites (tertiary alicyclic amines) is 1. The third-order valence-electron chi connectivity index (χ3n) is 4.97. The zero-order valence-corrected chi connectivity index (χ0v) is 15.3. The van der Waals surface area contributed by atoms with Crippen molar-refractivity contribution in [2.45, 2.75) is 57.1 Å². The van der Waals surface area contributed by atoms with Gasteiger partial charge in [-0.15, -0.1) is 10.2 Å². The Morgan fingerprint density at radius 2 is 1.96 bits per heavy atom. The van der Waals surface area contributed by atoms with Gasteiger partial charge in [-0.2, -0.15) is 0 Å². The van der Waals surface area contributed by atoms with Crippen molar-refractivity contribution in [2.75, 3.05) is 32.1 Å². The number of nitrogens with one attached hydrogen (secondary N) is 1. The van der Waals surface area contributed by atoms with Crippen molar-refractivity contribution < 1.29 is 9.53 Å². The van der Waals surface area contributed by atoms with Crippen LogP contribution in [-0.4, -0.2) is 60.5 Å². The summed E-state index contributed by atoms with van der Waals surface area (Å²) in [4.78, 5) is 16.3. The smallest absolute Gasteiger partial charge is 0.317 e. The molecule has 2 aliphatic rings. The molecular formula is C18H29N5O2. The molecule has 0 aromatic carbocycles. The Bertz CT molecular complexity index is 557. The lowest BCUT2D eigenvalue weighted by molar-refractivity contribution is 0.0952. The molecule has 3 rings (SSSR count). The maximum absolute atomic E-state index is 12.5. The van der Waals surface area contributed by atoms with Crippen molar-refractivity contribution in [3.05, 3.63) is 12.1 Å². The van der Waals surface area contributed by atoms with E-state index < -0.39 is 0 Å². The molecule has 1 aromatic rings. The van der Waals surface area contributed by atoms with Crippen molar-refractivity contribution in [2.24, 2.45) is 0 Å². The molecule has 1 aliphatic heterocycles. The summed E-state index contributed by atoms with van der Waals surface area (Å²) >= 11 is 0. The molecule has 1 saturated carbocycles. The number of rotatable bonds is 4. The van der Waals surface area contributed by atoms with Crippen molar-refractivity contribution in [1.29, 1.82) is 0 Å². The predicted molar refractivity (Wildman–Crippen MR) is 97.0 cm³/mol. The molecule has 1 atom stereocenters. The monoisotopic (exact) mass is 347 g/mol. The number of hydrogen-bond donors (Lipinski definition) is 1. The summed E-state index contributed by atoms with van der Waals surface area (Å²) in [6.07, 6.45) is 7.80. The fraction of sp³-hybridized carbons (Fsp3) is 0.722. The molecule has 7 nitrogen and oxygen atoms in total. The average molecular weight is 347 g/mol. The first-order chi connectivity index (χ1) is 12.1. The minimum Gasteiger partial charge on any atom is -0.471 e. The molecule has 7 heteroatoms. The number of ether oxygens (including phenoxy) is 1. The molecule has 1 aromatic heterocycles. The van der Waals surface area contributed by atoms with Crippen LogP contribution in [0.15, 0.2) is 12.1 Å². The number of anilines is 1. The Balaban J connectivity index is 1.50. The van der Waals surface area contributed by atoms with Gasteiger partial charge >= 0.3 is 6.03 Å². The summed E-state index contributed by atoms with van der Waals surface area (Å²) in [7, 11) is 3.85. The summed E-state index contributed by atoms with van der Waals surface area (Å²) in [5.74, 6) is 1.31. The van der Waals surface area contributed by atoms with Crippen LogP contribution in [0.2, 0.25) is 0 Å². The lowest BCUT2D eigenvalue weighted by Gasteiger charge is -2.34. The second kappa shape index (κ2) is 8.36. The molecule has 2 fully saturated rings. The third kappa shape index (κ3) is 4.96. The van der Waals surface area contributed by atoms with Crippen LogP contribution in [0.5, 0.6) is 5.88 Å². The number of nitrogens with zero attached hydrogens (tertiary/aromatic N) is 4. The van der Waals surface area contributed by atoms with Gasteiger partial charge < -0.3 is 19.9 Å². The second-order valence-electron chi connectivity index (χ2n) is 7.24. The van der Waals surface area contributed by atoms with Crippen LogP contribution in [0.25, 0.3) is 0 Å². The van der Waals surface area contributed by atoms with Crippen molar-refractivity contribution in [3.8, 4) is 5.88 Å². The van der Waals surface area contributed by atoms with Gasteiger partial charge in [-0.3, -0.25) is 0 Å². The first-order valence-electron chi connectivity index (χ1n) is 9.35. The van der Waals surface area contributed by atoms with Gasteiger partial charge in [0.05, 0.1) is 6.54 Å². The van der Waals surface area contributed by atoms with Crippen LogP contribution in [0.3, 0.4) is 0 Å². The van der Waals surface area contributed by atoms with Crippen LogP contribution >= 0.6 is 0 Å². The highest BCUT2D eigenvalue weighted by Crippen LogP contribution is 2.20. The first-order valence-corrected chi connectivity index (χ1v) is 9.35. The van der Waals surface area contributed by atoms with Gasteiger partial charge in [-0.25, -0.2) is 4.79 Å². The lowest BCUT2D eigenvalue weighted by atomic mass is 9.96. The zero-order valence-electron chi connectivity index (χ0n) is 15.3. The van der Waals surface area contributed by atoms with Crippen LogP contribution in [0.1, 0.15) is 44.9 Å². The SMILES string of the molecule is CN(C)c1ccc(OC2CCCN(C(=O)NC3CCCCC3)C2)nn1. The topological polar surface area (TPSA) is 70.6 Å². The van der Waals surface area contributed by atoms with Crippen LogP contribution in [0.4, 0.5) is 10.6 Å². The van der Waals surface area contributed by atoms with E-state index in [1.165, 1.54) is 19.3 Å². The largest absolute Gasteiger partial charge is 0.471 e. The predicted octanol–water partition coefficient (Wildman–Crippen LogP) is 2.43. The molecule has 1 unspecified atom stereocenters. The summed E-state index contributed by atoms with van der Waals surface area (Å²) in [5.41, 5.74) is 0. The van der Waals surface area contributed by atoms with Crippen LogP contribution < -0.4 is 15.0 Å². The van der Waals surface area contributed by atoms with Crippen molar-refractivity contribution in [3.63, 3.8) is 0 Å². The quantitative estimate of drug-likeness (QED) is 0.906. The van der Waals surface area contributed by atoms with Crippen LogP contribution in [-0.2, 0) is 0 Å². The minimum absolute atomic E-state index is 0.0228. The minimum atomic E-state index is -0.0228. The molecule has 0 bridgehead atoms. The number of piperidine rings is 1. The zero-order chi connectivity index (χ0) is 17.6. The van der Waals surface area contributed by atoms with E-state index in [0.29, 0.717) is 18.5 Å². The summed E-state index contributed by atoms with van der Waals surface area (Å²) < 4.78 is 5.95. The third-order valence-corrected chi connectivity index (χ3v) is 4.97. The highest BCUT2D eigenvalue weighted by atomic mass is 16.5. The van der Waals surface area contributed by atoms with Gasteiger partial charge in [0.2, 0.25) is 5.88 Å². The Morgan fingerprint density at radius 3 is 2.64 bits per heavy atom. The maximum Gasteiger partial charge on any atom is 0.317 e. The first kappa shape index (κ1) is 17.8. The van der Waals surface area contributed by atoms with E-state index in [1.807, 2.05) is 36.0 Å². The summed E-state index contributed by atoms with van der Waals surface area (Å²) in [6.45, 7) is 1.40. The molecule has 1 aliphatic carbocycles. The Labute approximate surface area is 149 Å². The van der Waals surface area contributed by atoms with Crippen LogP contribution in [0, 0.1) is 0 Å². The average Bonchev–Trinajstić information content (AvgIpc) is 2.63. The van der Waals surface area contributed by atoms with Crippen molar-refractivity contribution >= 4 is 11.8 Å². The number of carbonyl (C=O) groups is 1. The van der Waals surface area contributed by atoms with Gasteiger partial charge in [-0.1, -0.05) is 19.3 Å². The standard InChI is InChI=1S/C18H29N5O2/c1-22(2)16-10-11-17(21-20-16)25-15-9-6-12-23(13-15)18(24)19-14-7-4-3-5-8-14/h10-11,14-15H,3-9,12-13H2,1-2H3,(H,19,24). The summed E-state index contributed by atoms with van der Waals surface area (Å²) in [6, 6.07) is 4.11. The molecular weight excluding hydrogens is 318 g/mol. The molecule has 0 spiro atoms. The molecule has 138 valence electrons. The molecule has 2 amide bonds. The Hall–Kier alpha value is -2.05. The van der Waals surface area contributed by atoms with E-state index in [-0.39, 0.29) is 12.1 Å². The fourth-order valence-corrected chi connectivity index (χ4v) is 3.52. The highest BCUT2D eigenvalue weighted by molar-refractivity contribution is 5.74. The van der Waals surface area contributed by atoms with Gasteiger partial charge in [0.15, 0.2) is 5.82 Å². The number of amides is 2. The summed E-state index contributed by atoms with van der Waals surface area (Å²) in [5, 5.41) is 11.4. The second-order valence-corrected chi connectivity index (χ2v) is 7.24. The van der Waals surface area contributed by atoms with E-state index >= 15 is 0 Å². The van der Waals surface area contributed by atoms with E-state index in [2.05, 4.69) is 15.5 Å². The Kier molecular flexibility index (Phi) is 5.94. The van der Waals surface area contributed by atoms with E-state index in [4.69, 9.17) is 4.74 Å². The number of hydrogen-bond acceptors (Lipinski definition) is 5. The molecule has 25 heavy (non-hydrogen) atoms. The van der Waals surface area contributed by atoms with Gasteiger partial charge in [0, 0.05) is 32.7 Å². The normalized spacial score (nSPS) is 21.7. The van der Waals surface area contributed by atoms with Gasteiger partial charge in [0.1, 0.15) is 6.10 Å². The fourth-order valence-electron chi connectivity index (χ4n) is 3.52. The van der Waals surface area contributed by atoms with E-state index in [9.17, 15) is 4.79 Å². The highest BCUT2D eigenvalue weighted by Gasteiger charge is 2.27. The van der Waals surface area contributed by atoms with E-state index in [1.54, 1.807) is 0 Å². The molecule has 1 N–H and O–H groups in total. The van der Waals surface area contributed by atoms with Crippen molar-refractivity contribution in [1.82, 2.24) is 20.4 Å².